The molecule has 0 fully saturated rings. The van der Waals surface area contributed by atoms with Gasteiger partial charge in [-0.25, -0.2) is 0 Å². The summed E-state index contributed by atoms with van der Waals surface area (Å²) in [6.45, 7) is 5.58. The Morgan fingerprint density at radius 1 is 1.09 bits per heavy atom. The van der Waals surface area contributed by atoms with Crippen molar-refractivity contribution in [1.29, 1.82) is 0 Å². The standard InChI is InChI=1S/C19H25NO3/c1-14-5-4-6-17(9-14)13-23-18-8-7-16(10-19(18)22-3)12-20-11-15(2)21/h4-10,15,20-21H,11-13H2,1-3H3/t15-/m0/s1. The quantitative estimate of drug-likeness (QED) is 0.786. The molecule has 0 spiro atoms. The SMILES string of the molecule is COc1cc(CNC[C@H](C)O)ccc1OCc1cccc(C)c1. The van der Waals surface area contributed by atoms with Crippen LogP contribution >= 0.6 is 0 Å². The molecule has 0 saturated carbocycles. The summed E-state index contributed by atoms with van der Waals surface area (Å²) in [5.74, 6) is 1.45. The van der Waals surface area contributed by atoms with E-state index in [2.05, 4.69) is 24.4 Å². The first kappa shape index (κ1) is 17.3. The topological polar surface area (TPSA) is 50.7 Å². The molecule has 0 saturated heterocycles. The molecular weight excluding hydrogens is 290 g/mol. The number of benzene rings is 2. The maximum atomic E-state index is 9.27. The Morgan fingerprint density at radius 2 is 1.91 bits per heavy atom. The Morgan fingerprint density at radius 3 is 2.61 bits per heavy atom. The lowest BCUT2D eigenvalue weighted by atomic mass is 10.1. The van der Waals surface area contributed by atoms with Gasteiger partial charge in [0.25, 0.3) is 0 Å². The average molecular weight is 315 g/mol. The van der Waals surface area contributed by atoms with Gasteiger partial charge in [-0.15, -0.1) is 0 Å². The first-order chi connectivity index (χ1) is 11.1. The van der Waals surface area contributed by atoms with Crippen LogP contribution in [-0.4, -0.2) is 24.9 Å². The molecule has 2 aromatic carbocycles. The molecule has 0 aliphatic rings. The molecule has 4 nitrogen and oxygen atoms in total. The maximum Gasteiger partial charge on any atom is 0.161 e. The number of aryl methyl sites for hydroxylation is 1. The number of ether oxygens (including phenoxy) is 2. The van der Waals surface area contributed by atoms with Gasteiger partial charge in [-0.05, 0) is 37.1 Å². The fourth-order valence-corrected chi connectivity index (χ4v) is 2.33. The molecule has 0 bridgehead atoms. The third-order valence-corrected chi connectivity index (χ3v) is 3.47. The summed E-state index contributed by atoms with van der Waals surface area (Å²) < 4.78 is 11.3. The first-order valence-electron chi connectivity index (χ1n) is 7.82. The molecule has 1 atom stereocenters. The van der Waals surface area contributed by atoms with E-state index in [-0.39, 0.29) is 6.10 Å². The zero-order chi connectivity index (χ0) is 16.7. The van der Waals surface area contributed by atoms with E-state index in [9.17, 15) is 5.11 Å². The number of rotatable bonds is 8. The van der Waals surface area contributed by atoms with E-state index in [0.29, 0.717) is 25.4 Å². The lowest BCUT2D eigenvalue weighted by molar-refractivity contribution is 0.191. The zero-order valence-corrected chi connectivity index (χ0v) is 14.0. The number of methoxy groups -OCH3 is 1. The van der Waals surface area contributed by atoms with Crippen molar-refractivity contribution in [2.45, 2.75) is 33.1 Å². The van der Waals surface area contributed by atoms with E-state index < -0.39 is 0 Å². The van der Waals surface area contributed by atoms with E-state index >= 15 is 0 Å². The van der Waals surface area contributed by atoms with Crippen LogP contribution in [0, 0.1) is 6.92 Å². The van der Waals surface area contributed by atoms with Crippen molar-refractivity contribution < 1.29 is 14.6 Å². The lowest BCUT2D eigenvalue weighted by Gasteiger charge is -2.13. The molecular formula is C19H25NO3. The van der Waals surface area contributed by atoms with Gasteiger partial charge in [0.15, 0.2) is 11.5 Å². The lowest BCUT2D eigenvalue weighted by Crippen LogP contribution is -2.23. The summed E-state index contributed by atoms with van der Waals surface area (Å²) in [4.78, 5) is 0. The maximum absolute atomic E-state index is 9.27. The smallest absolute Gasteiger partial charge is 0.161 e. The van der Waals surface area contributed by atoms with Crippen LogP contribution in [0.25, 0.3) is 0 Å². The van der Waals surface area contributed by atoms with Crippen molar-refractivity contribution in [3.8, 4) is 11.5 Å². The third kappa shape index (κ3) is 5.58. The molecule has 0 heterocycles. The minimum absolute atomic E-state index is 0.353. The van der Waals surface area contributed by atoms with Crippen molar-refractivity contribution in [3.05, 3.63) is 59.2 Å². The van der Waals surface area contributed by atoms with Gasteiger partial charge in [-0.1, -0.05) is 35.9 Å². The second kappa shape index (κ2) is 8.56. The van der Waals surface area contributed by atoms with E-state index in [1.807, 2.05) is 30.3 Å². The fraction of sp³-hybridized carbons (Fsp3) is 0.368. The largest absolute Gasteiger partial charge is 0.493 e. The van der Waals surface area contributed by atoms with Gasteiger partial charge in [0, 0.05) is 13.1 Å². The molecule has 0 aliphatic carbocycles. The summed E-state index contributed by atoms with van der Waals surface area (Å²) in [6.07, 6.45) is -0.353. The van der Waals surface area contributed by atoms with Crippen molar-refractivity contribution in [1.82, 2.24) is 5.32 Å². The minimum Gasteiger partial charge on any atom is -0.493 e. The normalized spacial score (nSPS) is 12.0. The van der Waals surface area contributed by atoms with Crippen LogP contribution in [0.4, 0.5) is 0 Å². The molecule has 23 heavy (non-hydrogen) atoms. The number of aliphatic hydroxyl groups excluding tert-OH is 1. The van der Waals surface area contributed by atoms with Crippen molar-refractivity contribution >= 4 is 0 Å². The van der Waals surface area contributed by atoms with Crippen LogP contribution in [0.5, 0.6) is 11.5 Å². The molecule has 0 amide bonds. The van der Waals surface area contributed by atoms with Crippen LogP contribution in [0.2, 0.25) is 0 Å². The third-order valence-electron chi connectivity index (χ3n) is 3.47. The highest BCUT2D eigenvalue weighted by atomic mass is 16.5. The zero-order valence-electron chi connectivity index (χ0n) is 14.0. The Kier molecular flexibility index (Phi) is 6.44. The highest BCUT2D eigenvalue weighted by Crippen LogP contribution is 2.28. The first-order valence-corrected chi connectivity index (χ1v) is 7.82. The van der Waals surface area contributed by atoms with Gasteiger partial charge < -0.3 is 19.9 Å². The number of hydrogen-bond acceptors (Lipinski definition) is 4. The van der Waals surface area contributed by atoms with Gasteiger partial charge in [0.2, 0.25) is 0 Å². The summed E-state index contributed by atoms with van der Waals surface area (Å²) in [5, 5.41) is 12.5. The Labute approximate surface area is 138 Å². The van der Waals surface area contributed by atoms with Gasteiger partial charge in [0.05, 0.1) is 13.2 Å². The van der Waals surface area contributed by atoms with E-state index in [1.165, 1.54) is 5.56 Å². The van der Waals surface area contributed by atoms with Gasteiger partial charge >= 0.3 is 0 Å². The summed E-state index contributed by atoms with van der Waals surface area (Å²) in [7, 11) is 1.64. The molecule has 0 radical (unpaired) electrons. The predicted octanol–water partition coefficient (Wildman–Crippen LogP) is 3.05. The Hall–Kier alpha value is -2.04. The van der Waals surface area contributed by atoms with Gasteiger partial charge in [-0.3, -0.25) is 0 Å². The minimum atomic E-state index is -0.353. The van der Waals surface area contributed by atoms with Crippen LogP contribution in [0.1, 0.15) is 23.6 Å². The van der Waals surface area contributed by atoms with Crippen LogP contribution in [0.15, 0.2) is 42.5 Å². The van der Waals surface area contributed by atoms with Crippen LogP contribution < -0.4 is 14.8 Å². The summed E-state index contributed by atoms with van der Waals surface area (Å²) in [5.41, 5.74) is 3.44. The molecule has 2 aromatic rings. The van der Waals surface area contributed by atoms with Crippen molar-refractivity contribution in [2.75, 3.05) is 13.7 Å². The predicted molar refractivity (Wildman–Crippen MR) is 91.9 cm³/mol. The molecule has 0 unspecified atom stereocenters. The van der Waals surface area contributed by atoms with E-state index in [4.69, 9.17) is 9.47 Å². The van der Waals surface area contributed by atoms with Crippen molar-refractivity contribution in [3.63, 3.8) is 0 Å². The molecule has 0 aliphatic heterocycles. The van der Waals surface area contributed by atoms with Gasteiger partial charge in [-0.2, -0.15) is 0 Å². The van der Waals surface area contributed by atoms with Crippen LogP contribution in [0.3, 0.4) is 0 Å². The molecule has 124 valence electrons. The monoisotopic (exact) mass is 315 g/mol. The molecule has 4 heteroatoms. The fourth-order valence-electron chi connectivity index (χ4n) is 2.33. The average Bonchev–Trinajstić information content (AvgIpc) is 2.53. The van der Waals surface area contributed by atoms with Crippen molar-refractivity contribution in [2.24, 2.45) is 0 Å². The molecule has 2 rings (SSSR count). The number of nitrogens with one attached hydrogen (secondary N) is 1. The summed E-state index contributed by atoms with van der Waals surface area (Å²) in [6, 6.07) is 14.1. The van der Waals surface area contributed by atoms with Crippen LogP contribution in [-0.2, 0) is 13.2 Å². The highest BCUT2D eigenvalue weighted by molar-refractivity contribution is 5.43. The van der Waals surface area contributed by atoms with E-state index in [0.717, 1.165) is 16.9 Å². The number of aliphatic hydroxyl groups is 1. The Bertz CT molecular complexity index is 626. The molecule has 2 N–H and O–H groups in total. The van der Waals surface area contributed by atoms with E-state index in [1.54, 1.807) is 14.0 Å². The molecule has 0 aromatic heterocycles. The number of hydrogen-bond donors (Lipinski definition) is 2. The van der Waals surface area contributed by atoms with Gasteiger partial charge in [0.1, 0.15) is 6.61 Å². The second-order valence-electron chi connectivity index (χ2n) is 5.74. The Balaban J connectivity index is 1.98. The second-order valence-corrected chi connectivity index (χ2v) is 5.74. The summed E-state index contributed by atoms with van der Waals surface area (Å²) >= 11 is 0. The highest BCUT2D eigenvalue weighted by Gasteiger charge is 2.07.